The SMILES string of the molecule is C=C1CCC(N2C(=O)c3ccc(N4CCC5(CCN(c6ccc(Nc7nc(N8CCC[C@@H](N9CCN(C)C9=O)C8)cnc7C(N)=O)cc6)CC5)CC4)cc3C2=O)C(=O)N1. The average molecular weight is 802 g/mol. The lowest BCUT2D eigenvalue weighted by atomic mass is 9.71. The fourth-order valence-corrected chi connectivity index (χ4v) is 9.83. The van der Waals surface area contributed by atoms with Gasteiger partial charge in [-0.3, -0.25) is 24.1 Å². The maximum absolute atomic E-state index is 13.5. The van der Waals surface area contributed by atoms with Gasteiger partial charge in [0.25, 0.3) is 17.7 Å². The van der Waals surface area contributed by atoms with Crippen molar-refractivity contribution < 1.29 is 24.0 Å². The summed E-state index contributed by atoms with van der Waals surface area (Å²) in [5, 5.41) is 5.98. The number of fused-ring (bicyclic) bond motifs is 1. The largest absolute Gasteiger partial charge is 0.371 e. The van der Waals surface area contributed by atoms with Gasteiger partial charge in [-0.25, -0.2) is 14.8 Å². The number of hydrogen-bond acceptors (Lipinski definition) is 11. The van der Waals surface area contributed by atoms with Crippen molar-refractivity contribution in [3.05, 3.63) is 77.8 Å². The monoisotopic (exact) mass is 801 g/mol. The molecule has 2 atom stereocenters. The number of nitrogens with zero attached hydrogens (tertiary/aromatic N) is 8. The number of urea groups is 1. The summed E-state index contributed by atoms with van der Waals surface area (Å²) in [5.74, 6) is -0.909. The van der Waals surface area contributed by atoms with Gasteiger partial charge in [0.05, 0.1) is 23.4 Å². The van der Waals surface area contributed by atoms with Gasteiger partial charge in [-0.2, -0.15) is 0 Å². The van der Waals surface area contributed by atoms with Crippen LogP contribution in [-0.4, -0.2) is 126 Å². The van der Waals surface area contributed by atoms with Gasteiger partial charge < -0.3 is 40.9 Å². The fraction of sp³-hybridized carbons (Fsp3) is 0.465. The summed E-state index contributed by atoms with van der Waals surface area (Å²) in [6, 6.07) is 13.0. The summed E-state index contributed by atoms with van der Waals surface area (Å²) in [7, 11) is 1.83. The average Bonchev–Trinajstić information content (AvgIpc) is 3.71. The Hall–Kier alpha value is -6.19. The molecule has 0 bridgehead atoms. The summed E-state index contributed by atoms with van der Waals surface area (Å²) in [5.41, 5.74) is 10.2. The summed E-state index contributed by atoms with van der Waals surface area (Å²) >= 11 is 0. The molecule has 7 heterocycles. The molecule has 308 valence electrons. The zero-order chi connectivity index (χ0) is 41.0. The summed E-state index contributed by atoms with van der Waals surface area (Å²) in [6.07, 6.45) is 8.59. The Morgan fingerprint density at radius 3 is 2.19 bits per heavy atom. The number of amides is 6. The molecule has 5 fully saturated rings. The second-order valence-corrected chi connectivity index (χ2v) is 16.9. The lowest BCUT2D eigenvalue weighted by molar-refractivity contribution is -0.125. The molecule has 16 heteroatoms. The van der Waals surface area contributed by atoms with Crippen LogP contribution in [0.2, 0.25) is 0 Å². The van der Waals surface area contributed by atoms with Crippen LogP contribution < -0.4 is 31.1 Å². The highest BCUT2D eigenvalue weighted by atomic mass is 16.2. The Balaban J connectivity index is 0.798. The number of carbonyl (C=O) groups is 5. The molecule has 2 aromatic carbocycles. The minimum Gasteiger partial charge on any atom is -0.371 e. The Morgan fingerprint density at radius 1 is 0.847 bits per heavy atom. The van der Waals surface area contributed by atoms with Crippen molar-refractivity contribution in [1.29, 1.82) is 0 Å². The number of nitrogens with one attached hydrogen (secondary N) is 2. The highest BCUT2D eigenvalue weighted by Gasteiger charge is 2.45. The van der Waals surface area contributed by atoms with E-state index in [1.165, 1.54) is 0 Å². The number of rotatable bonds is 8. The minimum atomic E-state index is -0.821. The number of piperidine rings is 4. The lowest BCUT2D eigenvalue weighted by Gasteiger charge is -2.48. The van der Waals surface area contributed by atoms with E-state index in [1.807, 2.05) is 36.2 Å². The standard InChI is InChI=1S/C43H51N11O5/c1-27-5-12-34(39(56)46-27)54-40(57)32-11-10-30(24-33(32)41(54)58)51-20-15-43(16-21-51)13-18-50(19-14-43)29-8-6-28(7-9-29)47-38-36(37(44)55)45-25-35(48-38)52-17-3-4-31(26-52)53-23-22-49(2)42(53)59/h6-11,24-25,31,34H,1,3-5,12-23,26H2,2H3,(H2,44,55)(H,46,56)(H,47,48)/t31-,34?/m1/s1. The third-order valence-electron chi connectivity index (χ3n) is 13.4. The number of carbonyl (C=O) groups excluding carboxylic acids is 5. The van der Waals surface area contributed by atoms with Crippen LogP contribution in [0.1, 0.15) is 82.6 Å². The third kappa shape index (κ3) is 7.18. The van der Waals surface area contributed by atoms with Crippen molar-refractivity contribution in [1.82, 2.24) is 30.0 Å². The topological polar surface area (TPSA) is 181 Å². The van der Waals surface area contributed by atoms with E-state index in [9.17, 15) is 24.0 Å². The summed E-state index contributed by atoms with van der Waals surface area (Å²) in [4.78, 5) is 85.3. The molecule has 6 amide bonds. The molecule has 6 aliphatic heterocycles. The van der Waals surface area contributed by atoms with Gasteiger partial charge in [-0.1, -0.05) is 6.58 Å². The van der Waals surface area contributed by atoms with Crippen LogP contribution in [0.3, 0.4) is 0 Å². The van der Waals surface area contributed by atoms with Crippen LogP contribution in [0.25, 0.3) is 0 Å². The van der Waals surface area contributed by atoms with Gasteiger partial charge in [0, 0.05) is 82.2 Å². The predicted octanol–water partition coefficient (Wildman–Crippen LogP) is 3.93. The fourth-order valence-electron chi connectivity index (χ4n) is 9.83. The number of likely N-dealkylation sites (N-methyl/N-ethyl adjacent to an activating group) is 1. The molecule has 16 nitrogen and oxygen atoms in total. The Morgan fingerprint density at radius 2 is 1.53 bits per heavy atom. The number of aromatic nitrogens is 2. The first-order valence-electron chi connectivity index (χ1n) is 20.8. The van der Waals surface area contributed by atoms with Gasteiger partial charge in [-0.15, -0.1) is 0 Å². The highest BCUT2D eigenvalue weighted by molar-refractivity contribution is 6.23. The van der Waals surface area contributed by atoms with Crippen LogP contribution in [-0.2, 0) is 4.79 Å². The van der Waals surface area contributed by atoms with Gasteiger partial charge in [0.2, 0.25) is 5.91 Å². The van der Waals surface area contributed by atoms with Crippen molar-refractivity contribution in [2.45, 2.75) is 63.5 Å². The van der Waals surface area contributed by atoms with Crippen LogP contribution >= 0.6 is 0 Å². The second-order valence-electron chi connectivity index (χ2n) is 16.9. The number of allylic oxidation sites excluding steroid dienone is 1. The zero-order valence-electron chi connectivity index (χ0n) is 33.5. The number of imide groups is 1. The summed E-state index contributed by atoms with van der Waals surface area (Å²) < 4.78 is 0. The van der Waals surface area contributed by atoms with E-state index in [4.69, 9.17) is 10.7 Å². The second kappa shape index (κ2) is 15.2. The molecule has 59 heavy (non-hydrogen) atoms. The normalized spacial score (nSPS) is 23.3. The smallest absolute Gasteiger partial charge is 0.320 e. The quantitative estimate of drug-likeness (QED) is 0.281. The first kappa shape index (κ1) is 38.3. The molecule has 3 aromatic rings. The van der Waals surface area contributed by atoms with E-state index in [-0.39, 0.29) is 29.1 Å². The van der Waals surface area contributed by atoms with Crippen LogP contribution in [0.4, 0.5) is 33.5 Å². The molecular formula is C43H51N11O5. The molecule has 9 rings (SSSR count). The van der Waals surface area contributed by atoms with Gasteiger partial charge in [0.15, 0.2) is 11.5 Å². The highest BCUT2D eigenvalue weighted by Crippen LogP contribution is 2.44. The molecule has 6 aliphatic rings. The molecule has 1 aromatic heterocycles. The molecule has 1 spiro atoms. The van der Waals surface area contributed by atoms with Crippen molar-refractivity contribution in [3.63, 3.8) is 0 Å². The van der Waals surface area contributed by atoms with Gasteiger partial charge in [-0.05, 0) is 99.2 Å². The van der Waals surface area contributed by atoms with Crippen molar-refractivity contribution >= 4 is 58.4 Å². The third-order valence-corrected chi connectivity index (χ3v) is 13.4. The number of hydrogen-bond donors (Lipinski definition) is 3. The van der Waals surface area contributed by atoms with Gasteiger partial charge >= 0.3 is 6.03 Å². The predicted molar refractivity (Wildman–Crippen MR) is 223 cm³/mol. The van der Waals surface area contributed by atoms with Crippen molar-refractivity contribution in [3.8, 4) is 0 Å². The Labute approximate surface area is 343 Å². The maximum Gasteiger partial charge on any atom is 0.320 e. The molecule has 5 saturated heterocycles. The van der Waals surface area contributed by atoms with Crippen molar-refractivity contribution in [2.75, 3.05) is 79.4 Å². The minimum absolute atomic E-state index is 0.0601. The first-order chi connectivity index (χ1) is 28.5. The van der Waals surface area contributed by atoms with E-state index in [0.717, 1.165) is 106 Å². The van der Waals surface area contributed by atoms with E-state index in [1.54, 1.807) is 17.2 Å². The number of nitrogens with two attached hydrogens (primary N) is 1. The molecule has 4 N–H and O–H groups in total. The van der Waals surface area contributed by atoms with E-state index in [2.05, 4.69) is 49.0 Å². The maximum atomic E-state index is 13.5. The molecule has 0 radical (unpaired) electrons. The van der Waals surface area contributed by atoms with E-state index in [0.29, 0.717) is 47.8 Å². The van der Waals surface area contributed by atoms with E-state index >= 15 is 0 Å². The summed E-state index contributed by atoms with van der Waals surface area (Å²) in [6.45, 7) is 10.3. The number of primary amides is 1. The number of anilines is 5. The van der Waals surface area contributed by atoms with Gasteiger partial charge in [0.1, 0.15) is 11.9 Å². The Kier molecular flexibility index (Phi) is 9.88. The molecule has 0 aliphatic carbocycles. The van der Waals surface area contributed by atoms with Crippen molar-refractivity contribution in [2.24, 2.45) is 11.1 Å². The zero-order valence-corrected chi connectivity index (χ0v) is 33.5. The first-order valence-corrected chi connectivity index (χ1v) is 20.8. The number of benzene rings is 2. The van der Waals surface area contributed by atoms with Crippen LogP contribution in [0.15, 0.2) is 60.9 Å². The molecule has 1 unspecified atom stereocenters. The molecular weight excluding hydrogens is 751 g/mol. The lowest BCUT2D eigenvalue weighted by Crippen LogP contribution is -2.51. The molecule has 0 saturated carbocycles. The van der Waals surface area contributed by atoms with Crippen LogP contribution in [0.5, 0.6) is 0 Å². The van der Waals surface area contributed by atoms with Crippen LogP contribution in [0, 0.1) is 5.41 Å². The Bertz CT molecular complexity index is 2210. The van der Waals surface area contributed by atoms with E-state index < -0.39 is 23.8 Å².